The van der Waals surface area contributed by atoms with Crippen LogP contribution in [0, 0.1) is 15.5 Å². The molecule has 9 heteroatoms. The Morgan fingerprint density at radius 3 is 2.47 bits per heavy atom. The van der Waals surface area contributed by atoms with Crippen molar-refractivity contribution in [2.45, 2.75) is 58.4 Å². The maximum absolute atomic E-state index is 14.2. The molecule has 2 aliphatic heterocycles. The van der Waals surface area contributed by atoms with Crippen LogP contribution in [0.25, 0.3) is 0 Å². The summed E-state index contributed by atoms with van der Waals surface area (Å²) in [5, 5.41) is 14.0. The van der Waals surface area contributed by atoms with Crippen LogP contribution >= 0.6 is 0 Å². The predicted molar refractivity (Wildman–Crippen MR) is 136 cm³/mol. The molecule has 2 aromatic rings. The molecular weight excluding hydrogens is 460 g/mol. The van der Waals surface area contributed by atoms with Crippen LogP contribution in [0.4, 0.5) is 16.2 Å². The van der Waals surface area contributed by atoms with Gasteiger partial charge in [0.2, 0.25) is 11.8 Å². The molecule has 2 heterocycles. The molecule has 1 saturated heterocycles. The van der Waals surface area contributed by atoms with Crippen LogP contribution in [0.1, 0.15) is 50.7 Å². The first kappa shape index (κ1) is 25.3. The fourth-order valence-electron chi connectivity index (χ4n) is 5.48. The largest absolute Gasteiger partial charge is 0.367 e. The maximum Gasteiger partial charge on any atom is 0.330 e. The van der Waals surface area contributed by atoms with Gasteiger partial charge in [-0.3, -0.25) is 29.9 Å². The van der Waals surface area contributed by atoms with Crippen LogP contribution in [-0.4, -0.2) is 46.8 Å². The summed E-state index contributed by atoms with van der Waals surface area (Å²) in [6.07, 6.45) is 3.52. The van der Waals surface area contributed by atoms with Gasteiger partial charge in [0.25, 0.3) is 5.69 Å². The van der Waals surface area contributed by atoms with E-state index in [4.69, 9.17) is 0 Å². The van der Waals surface area contributed by atoms with Crippen LogP contribution in [-0.2, 0) is 22.4 Å². The Hall–Kier alpha value is -3.75. The number of nitrogens with zero attached hydrogens (tertiary/aromatic N) is 3. The minimum atomic E-state index is -1.55. The van der Waals surface area contributed by atoms with Gasteiger partial charge in [0, 0.05) is 37.3 Å². The molecular formula is C27H32N4O5. The van der Waals surface area contributed by atoms with Crippen LogP contribution in [0.3, 0.4) is 0 Å². The highest BCUT2D eigenvalue weighted by atomic mass is 16.6. The summed E-state index contributed by atoms with van der Waals surface area (Å²) in [4.78, 5) is 54.9. The lowest BCUT2D eigenvalue weighted by Crippen LogP contribution is -2.72. The first-order chi connectivity index (χ1) is 17.3. The first-order valence-electron chi connectivity index (χ1n) is 12.6. The lowest BCUT2D eigenvalue weighted by atomic mass is 9.67. The number of amides is 4. The third kappa shape index (κ3) is 4.45. The molecule has 0 aromatic heterocycles. The highest BCUT2D eigenvalue weighted by Gasteiger charge is 2.61. The average molecular weight is 493 g/mol. The van der Waals surface area contributed by atoms with E-state index in [0.717, 1.165) is 35.4 Å². The second-order valence-corrected chi connectivity index (χ2v) is 9.52. The van der Waals surface area contributed by atoms with E-state index in [1.807, 2.05) is 37.3 Å². The van der Waals surface area contributed by atoms with Gasteiger partial charge in [0.15, 0.2) is 5.41 Å². The van der Waals surface area contributed by atoms with E-state index in [1.165, 1.54) is 12.1 Å². The molecule has 4 rings (SSSR count). The summed E-state index contributed by atoms with van der Waals surface area (Å²) >= 11 is 0. The van der Waals surface area contributed by atoms with Gasteiger partial charge in [-0.15, -0.1) is 0 Å². The zero-order valence-corrected chi connectivity index (χ0v) is 20.7. The number of urea groups is 1. The number of benzene rings is 2. The van der Waals surface area contributed by atoms with E-state index in [9.17, 15) is 24.5 Å². The van der Waals surface area contributed by atoms with Gasteiger partial charge in [-0.2, -0.15) is 0 Å². The van der Waals surface area contributed by atoms with Crippen molar-refractivity contribution in [2.75, 3.05) is 18.0 Å². The Kier molecular flexibility index (Phi) is 7.37. The van der Waals surface area contributed by atoms with Crippen molar-refractivity contribution in [3.8, 4) is 0 Å². The van der Waals surface area contributed by atoms with Crippen molar-refractivity contribution in [3.05, 3.63) is 69.8 Å². The molecule has 4 amide bonds. The smallest absolute Gasteiger partial charge is 0.330 e. The summed E-state index contributed by atoms with van der Waals surface area (Å²) in [5.74, 6) is -1.14. The summed E-state index contributed by atoms with van der Waals surface area (Å²) in [6.45, 7) is 4.81. The summed E-state index contributed by atoms with van der Waals surface area (Å²) in [5.41, 5.74) is 0.730. The van der Waals surface area contributed by atoms with Crippen molar-refractivity contribution < 1.29 is 19.3 Å². The van der Waals surface area contributed by atoms with Crippen molar-refractivity contribution in [1.29, 1.82) is 0 Å². The molecule has 0 saturated carbocycles. The molecule has 0 aliphatic carbocycles. The van der Waals surface area contributed by atoms with Gasteiger partial charge in [0.1, 0.15) is 0 Å². The number of hydrogen-bond acceptors (Lipinski definition) is 6. The van der Waals surface area contributed by atoms with Gasteiger partial charge < -0.3 is 4.90 Å². The zero-order chi connectivity index (χ0) is 25.9. The molecule has 2 aromatic carbocycles. The Morgan fingerprint density at radius 2 is 1.81 bits per heavy atom. The number of imide groups is 2. The van der Waals surface area contributed by atoms with E-state index in [-0.39, 0.29) is 18.7 Å². The number of unbranched alkanes of at least 4 members (excludes halogenated alkanes) is 1. The highest BCUT2D eigenvalue weighted by Crippen LogP contribution is 2.47. The quantitative estimate of drug-likeness (QED) is 0.318. The van der Waals surface area contributed by atoms with Gasteiger partial charge >= 0.3 is 6.03 Å². The molecule has 36 heavy (non-hydrogen) atoms. The van der Waals surface area contributed by atoms with Gasteiger partial charge in [-0.25, -0.2) is 4.79 Å². The molecule has 190 valence electrons. The normalized spacial score (nSPS) is 21.5. The summed E-state index contributed by atoms with van der Waals surface area (Å²) in [7, 11) is 0. The van der Waals surface area contributed by atoms with Crippen molar-refractivity contribution in [3.63, 3.8) is 0 Å². The summed E-state index contributed by atoms with van der Waals surface area (Å²) in [6, 6.07) is 13.0. The minimum absolute atomic E-state index is 0.0110. The number of non-ortho nitro benzene ring substituents is 1. The van der Waals surface area contributed by atoms with Crippen LogP contribution in [0.5, 0.6) is 0 Å². The second kappa shape index (κ2) is 10.5. The average Bonchev–Trinajstić information content (AvgIpc) is 2.87. The second-order valence-electron chi connectivity index (χ2n) is 9.52. The number of nitrogens with one attached hydrogen (secondary N) is 1. The molecule has 0 unspecified atom stereocenters. The van der Waals surface area contributed by atoms with E-state index in [1.54, 1.807) is 6.07 Å². The number of hydrogen-bond donors (Lipinski definition) is 1. The number of nitro benzene ring substituents is 1. The molecule has 9 nitrogen and oxygen atoms in total. The number of barbiturate groups is 1. The number of carbonyl (C=O) groups is 3. The third-order valence-corrected chi connectivity index (χ3v) is 7.28. The predicted octanol–water partition coefficient (Wildman–Crippen LogP) is 4.23. The topological polar surface area (TPSA) is 113 Å². The number of fused-ring (bicyclic) bond motifs is 1. The van der Waals surface area contributed by atoms with Crippen LogP contribution in [0.2, 0.25) is 0 Å². The Labute approximate surface area is 210 Å². The van der Waals surface area contributed by atoms with E-state index in [0.29, 0.717) is 24.9 Å². The van der Waals surface area contributed by atoms with Gasteiger partial charge in [-0.1, -0.05) is 57.0 Å². The van der Waals surface area contributed by atoms with Crippen molar-refractivity contribution >= 4 is 29.2 Å². The molecule has 2 aliphatic rings. The lowest BCUT2D eigenvalue weighted by Gasteiger charge is -2.52. The maximum atomic E-state index is 14.2. The fraction of sp³-hybridized carbons (Fsp3) is 0.444. The molecule has 0 radical (unpaired) electrons. The third-order valence-electron chi connectivity index (χ3n) is 7.28. The monoisotopic (exact) mass is 492 g/mol. The number of anilines is 1. The molecule has 1 fully saturated rings. The van der Waals surface area contributed by atoms with E-state index in [2.05, 4.69) is 17.1 Å². The number of carbonyl (C=O) groups excluding carboxylic acids is 3. The lowest BCUT2D eigenvalue weighted by molar-refractivity contribution is -0.384. The molecule has 1 spiro atoms. The van der Waals surface area contributed by atoms with E-state index < -0.39 is 34.2 Å². The highest BCUT2D eigenvalue weighted by molar-refractivity contribution is 6.20. The SMILES string of the molecule is CCCCN1c2ccc([N+](=O)[O-])cc2C[C@@]2(C(=O)NC(=O)N(CCc3ccccc3)C2=O)[C@H]1CCC. The number of rotatable bonds is 9. The minimum Gasteiger partial charge on any atom is -0.367 e. The van der Waals surface area contributed by atoms with Gasteiger partial charge in [0.05, 0.1) is 11.0 Å². The Bertz CT molecular complexity index is 1170. The van der Waals surface area contributed by atoms with E-state index >= 15 is 0 Å². The first-order valence-corrected chi connectivity index (χ1v) is 12.6. The van der Waals surface area contributed by atoms with Crippen LogP contribution in [0.15, 0.2) is 48.5 Å². The van der Waals surface area contributed by atoms with Gasteiger partial charge in [-0.05, 0) is 36.5 Å². The Morgan fingerprint density at radius 1 is 1.06 bits per heavy atom. The molecule has 1 N–H and O–H groups in total. The molecule has 2 atom stereocenters. The van der Waals surface area contributed by atoms with Crippen molar-refractivity contribution in [1.82, 2.24) is 10.2 Å². The molecule has 0 bridgehead atoms. The summed E-state index contributed by atoms with van der Waals surface area (Å²) < 4.78 is 0. The standard InChI is InChI=1S/C27H32N4O5/c1-3-5-15-29-22-13-12-21(31(35)36)17-20(22)18-27(23(29)9-4-2)24(32)28-26(34)30(25(27)33)16-14-19-10-7-6-8-11-19/h6-8,10-13,17,23H,3-5,9,14-16,18H2,1-2H3,(H,28,32,34)/t23-,27+/m1/s1. The zero-order valence-electron chi connectivity index (χ0n) is 20.7. The van der Waals surface area contributed by atoms with Crippen LogP contribution < -0.4 is 10.2 Å². The number of nitro groups is 1. The fourth-order valence-corrected chi connectivity index (χ4v) is 5.48. The van der Waals surface area contributed by atoms with Crippen molar-refractivity contribution in [2.24, 2.45) is 5.41 Å². The Balaban J connectivity index is 1.79.